The van der Waals surface area contributed by atoms with Crippen LogP contribution in [0.5, 0.6) is 0 Å². The number of amides is 3. The van der Waals surface area contributed by atoms with Gasteiger partial charge in [-0.2, -0.15) is 0 Å². The Kier molecular flexibility index (Phi) is 13.8. The molecule has 0 bridgehead atoms. The fourth-order valence-corrected chi connectivity index (χ4v) is 6.80. The fraction of sp³-hybridized carbons (Fsp3) is 0.273. The number of aliphatic hydroxyl groups is 1. The Labute approximate surface area is 342 Å². The van der Waals surface area contributed by atoms with Crippen molar-refractivity contribution in [1.29, 1.82) is 0 Å². The first-order valence-electron chi connectivity index (χ1n) is 19.6. The van der Waals surface area contributed by atoms with E-state index in [9.17, 15) is 19.5 Å². The van der Waals surface area contributed by atoms with Crippen molar-refractivity contribution in [3.05, 3.63) is 114 Å². The van der Waals surface area contributed by atoms with Gasteiger partial charge in [0.1, 0.15) is 23.3 Å². The summed E-state index contributed by atoms with van der Waals surface area (Å²) in [4.78, 5) is 57.6. The standard InChI is InChI=1S/C44H50N10O5/c1-3-53(4-2)31-20-21-35-38(23-31)59-39-24-37(32-13-8-9-14-33(32)41(39)52-35)49-29-16-18-30(19-17-29)50-42(57)36(15-10-22-48-44(46)47)51-40(56)26-54(43(58)34(45)27-55)25-28-11-6-5-7-12-28/h5-9,11-14,16-21,23-24,34,36,55H,3-4,10,15,22,25-27,45H2,1-2H3,(H,50,57)(H,51,56)(H4,46,47,48)/t34-,36-/m0/s1. The van der Waals surface area contributed by atoms with E-state index in [-0.39, 0.29) is 25.5 Å². The zero-order valence-electron chi connectivity index (χ0n) is 33.2. The summed E-state index contributed by atoms with van der Waals surface area (Å²) < 4.78 is 6.47. The molecular formula is C44H50N10O5. The van der Waals surface area contributed by atoms with E-state index in [1.807, 2.05) is 72.8 Å². The molecule has 1 heterocycles. The molecule has 4 aromatic rings. The van der Waals surface area contributed by atoms with E-state index >= 15 is 0 Å². The Morgan fingerprint density at radius 2 is 1.61 bits per heavy atom. The molecule has 306 valence electrons. The normalized spacial score (nSPS) is 12.6. The summed E-state index contributed by atoms with van der Waals surface area (Å²) in [6.07, 6.45) is 0.579. The van der Waals surface area contributed by atoms with Crippen LogP contribution >= 0.6 is 0 Å². The van der Waals surface area contributed by atoms with Crippen LogP contribution in [0, 0.1) is 0 Å². The molecule has 6 rings (SSSR count). The number of benzene rings is 5. The highest BCUT2D eigenvalue weighted by molar-refractivity contribution is 5.98. The molecule has 0 saturated heterocycles. The minimum atomic E-state index is -1.21. The minimum Gasteiger partial charge on any atom is -0.453 e. The lowest BCUT2D eigenvalue weighted by Crippen LogP contribution is -2.51. The quantitative estimate of drug-likeness (QED) is 0.0256. The molecule has 0 saturated carbocycles. The Morgan fingerprint density at radius 3 is 2.31 bits per heavy atom. The van der Waals surface area contributed by atoms with Gasteiger partial charge in [0.05, 0.1) is 24.2 Å². The van der Waals surface area contributed by atoms with Crippen molar-refractivity contribution >= 4 is 62.6 Å². The number of guanidine groups is 1. The lowest BCUT2D eigenvalue weighted by molar-refractivity contribution is -0.139. The highest BCUT2D eigenvalue weighted by atomic mass is 16.3. The number of nitrogens with two attached hydrogens (primary N) is 3. The van der Waals surface area contributed by atoms with Crippen LogP contribution in [-0.2, 0) is 20.9 Å². The van der Waals surface area contributed by atoms with Gasteiger partial charge in [-0.05, 0) is 68.7 Å². The van der Waals surface area contributed by atoms with E-state index in [1.54, 1.807) is 24.3 Å². The Morgan fingerprint density at radius 1 is 0.898 bits per heavy atom. The summed E-state index contributed by atoms with van der Waals surface area (Å²) in [6.45, 7) is 5.32. The van der Waals surface area contributed by atoms with Gasteiger partial charge in [-0.3, -0.25) is 19.4 Å². The molecule has 0 unspecified atom stereocenters. The number of carbonyl (C=O) groups excluding carboxylic acids is 3. The van der Waals surface area contributed by atoms with Crippen molar-refractivity contribution in [2.75, 3.05) is 43.0 Å². The molecule has 2 aliphatic rings. The number of hydrogen-bond acceptors (Lipinski definition) is 10. The van der Waals surface area contributed by atoms with Gasteiger partial charge in [-0.15, -0.1) is 0 Å². The van der Waals surface area contributed by atoms with E-state index in [1.165, 1.54) is 4.90 Å². The summed E-state index contributed by atoms with van der Waals surface area (Å²) in [5.74, 6) is -1.15. The molecule has 4 aromatic carbocycles. The van der Waals surface area contributed by atoms with E-state index < -0.39 is 43.0 Å². The number of aliphatic hydroxyl groups excluding tert-OH is 1. The molecule has 3 amide bonds. The van der Waals surface area contributed by atoms with Crippen molar-refractivity contribution < 1.29 is 23.9 Å². The highest BCUT2D eigenvalue weighted by Gasteiger charge is 2.26. The van der Waals surface area contributed by atoms with Crippen LogP contribution in [0.15, 0.2) is 118 Å². The molecule has 9 N–H and O–H groups in total. The Balaban J connectivity index is 1.22. The van der Waals surface area contributed by atoms with Crippen molar-refractivity contribution in [3.63, 3.8) is 0 Å². The van der Waals surface area contributed by atoms with Crippen LogP contribution in [0.25, 0.3) is 33.3 Å². The molecule has 1 aliphatic heterocycles. The zero-order valence-corrected chi connectivity index (χ0v) is 33.2. The number of rotatable bonds is 17. The summed E-state index contributed by atoms with van der Waals surface area (Å²) >= 11 is 0. The minimum absolute atomic E-state index is 0.0783. The summed E-state index contributed by atoms with van der Waals surface area (Å²) in [6, 6.07) is 29.8. The summed E-state index contributed by atoms with van der Waals surface area (Å²) in [7, 11) is 0. The predicted molar refractivity (Wildman–Crippen MR) is 231 cm³/mol. The van der Waals surface area contributed by atoms with Crippen molar-refractivity contribution in [2.24, 2.45) is 27.2 Å². The second-order valence-electron chi connectivity index (χ2n) is 14.0. The van der Waals surface area contributed by atoms with Gasteiger partial charge in [0, 0.05) is 60.5 Å². The van der Waals surface area contributed by atoms with Gasteiger partial charge in [-0.1, -0.05) is 54.6 Å². The first kappa shape index (κ1) is 41.8. The van der Waals surface area contributed by atoms with Crippen molar-refractivity contribution in [1.82, 2.24) is 15.2 Å². The number of aliphatic imine (C=N–C) groups is 1. The first-order chi connectivity index (χ1) is 28.6. The maximum atomic E-state index is 13.7. The molecule has 0 spiro atoms. The number of hydrogen-bond donors (Lipinski definition) is 6. The second-order valence-corrected chi connectivity index (χ2v) is 14.0. The molecular weight excluding hydrogens is 749 g/mol. The molecule has 59 heavy (non-hydrogen) atoms. The van der Waals surface area contributed by atoms with E-state index in [0.717, 1.165) is 46.3 Å². The number of aromatic nitrogens is 1. The zero-order chi connectivity index (χ0) is 41.9. The number of nitrogens with one attached hydrogen (secondary N) is 2. The van der Waals surface area contributed by atoms with Crippen LogP contribution < -0.4 is 38.1 Å². The predicted octanol–water partition coefficient (Wildman–Crippen LogP) is 3.99. The second kappa shape index (κ2) is 19.5. The number of carbonyl (C=O) groups is 3. The number of fused-ring (bicyclic) bond motifs is 4. The molecule has 2 atom stereocenters. The van der Waals surface area contributed by atoms with Gasteiger partial charge >= 0.3 is 0 Å². The van der Waals surface area contributed by atoms with E-state index in [2.05, 4.69) is 40.4 Å². The molecule has 1 aliphatic carbocycles. The summed E-state index contributed by atoms with van der Waals surface area (Å²) in [5.41, 5.74) is 21.9. The third-order valence-electron chi connectivity index (χ3n) is 9.84. The molecule has 0 fully saturated rings. The topological polar surface area (TPSA) is 231 Å². The largest absolute Gasteiger partial charge is 0.453 e. The Hall–Kier alpha value is -6.84. The van der Waals surface area contributed by atoms with Crippen LogP contribution in [-0.4, -0.2) is 83.5 Å². The Bertz CT molecular complexity index is 2460. The smallest absolute Gasteiger partial charge is 0.246 e. The summed E-state index contributed by atoms with van der Waals surface area (Å²) in [5, 5.41) is 17.7. The van der Waals surface area contributed by atoms with Crippen molar-refractivity contribution in [2.45, 2.75) is 45.3 Å². The van der Waals surface area contributed by atoms with E-state index in [4.69, 9.17) is 31.6 Å². The number of nitrogens with zero attached hydrogens (tertiary/aromatic N) is 5. The maximum Gasteiger partial charge on any atom is 0.246 e. The van der Waals surface area contributed by atoms with Crippen LogP contribution in [0.1, 0.15) is 32.3 Å². The van der Waals surface area contributed by atoms with Crippen LogP contribution in [0.4, 0.5) is 17.1 Å². The average Bonchev–Trinajstić information content (AvgIpc) is 3.24. The molecule has 15 heteroatoms. The van der Waals surface area contributed by atoms with Gasteiger partial charge < -0.3 is 47.2 Å². The average molecular weight is 799 g/mol. The SMILES string of the molecule is CCN(CC)c1ccc2nc3c4ccccc4c(=Nc4ccc(NC(=O)[C@H](CCCN=C(N)N)NC(=O)CN(Cc5ccccc5)C(=O)[C@@H](N)CO)cc4)cc-3oc2c1. The lowest BCUT2D eigenvalue weighted by Gasteiger charge is -2.26. The van der Waals surface area contributed by atoms with Gasteiger partial charge in [0.2, 0.25) is 17.7 Å². The molecule has 0 aromatic heterocycles. The van der Waals surface area contributed by atoms with Crippen molar-refractivity contribution in [3.8, 4) is 11.5 Å². The van der Waals surface area contributed by atoms with Gasteiger partial charge in [0.25, 0.3) is 0 Å². The van der Waals surface area contributed by atoms with E-state index in [0.29, 0.717) is 34.5 Å². The van der Waals surface area contributed by atoms with Crippen LogP contribution in [0.3, 0.4) is 0 Å². The van der Waals surface area contributed by atoms with Crippen LogP contribution in [0.2, 0.25) is 0 Å². The molecule has 15 nitrogen and oxygen atoms in total. The number of anilines is 2. The first-order valence-corrected chi connectivity index (χ1v) is 19.6. The highest BCUT2D eigenvalue weighted by Crippen LogP contribution is 2.32. The molecule has 0 radical (unpaired) electrons. The van der Waals surface area contributed by atoms with Gasteiger partial charge in [-0.25, -0.2) is 9.98 Å². The lowest BCUT2D eigenvalue weighted by atomic mass is 10.0. The fourth-order valence-electron chi connectivity index (χ4n) is 6.80. The maximum absolute atomic E-state index is 13.7. The van der Waals surface area contributed by atoms with Gasteiger partial charge in [0.15, 0.2) is 17.3 Å². The monoisotopic (exact) mass is 798 g/mol. The third kappa shape index (κ3) is 10.6. The third-order valence-corrected chi connectivity index (χ3v) is 9.84.